The summed E-state index contributed by atoms with van der Waals surface area (Å²) >= 11 is 0. The topological polar surface area (TPSA) is 52.6 Å². The van der Waals surface area contributed by atoms with E-state index in [4.69, 9.17) is 9.47 Å². The van der Waals surface area contributed by atoms with Crippen LogP contribution >= 0.6 is 0 Å². The van der Waals surface area contributed by atoms with Crippen molar-refractivity contribution in [2.75, 3.05) is 6.61 Å². The van der Waals surface area contributed by atoms with Crippen molar-refractivity contribution in [2.45, 2.75) is 51.0 Å². The molecule has 2 bridgehead atoms. The van der Waals surface area contributed by atoms with Crippen molar-refractivity contribution in [3.8, 4) is 0 Å². The van der Waals surface area contributed by atoms with Crippen molar-refractivity contribution in [1.29, 1.82) is 0 Å². The molecule has 0 aromatic rings. The van der Waals surface area contributed by atoms with Crippen molar-refractivity contribution >= 4 is 11.9 Å². The van der Waals surface area contributed by atoms with Gasteiger partial charge in [0.2, 0.25) is 0 Å². The maximum atomic E-state index is 11.4. The number of hydrogen-bond donors (Lipinski definition) is 0. The lowest BCUT2D eigenvalue weighted by Gasteiger charge is -2.29. The highest BCUT2D eigenvalue weighted by molar-refractivity contribution is 5.81. The number of rotatable bonds is 6. The first-order chi connectivity index (χ1) is 10.2. The second-order valence-corrected chi connectivity index (χ2v) is 6.86. The van der Waals surface area contributed by atoms with Gasteiger partial charge in [0.05, 0.1) is 13.0 Å². The van der Waals surface area contributed by atoms with Gasteiger partial charge in [-0.3, -0.25) is 4.79 Å². The molecule has 5 unspecified atom stereocenters. The van der Waals surface area contributed by atoms with E-state index in [1.807, 2.05) is 0 Å². The van der Waals surface area contributed by atoms with Crippen molar-refractivity contribution in [1.82, 2.24) is 0 Å². The van der Waals surface area contributed by atoms with Crippen molar-refractivity contribution in [2.24, 2.45) is 23.7 Å². The van der Waals surface area contributed by atoms with E-state index in [0.29, 0.717) is 30.8 Å². The van der Waals surface area contributed by atoms with Gasteiger partial charge >= 0.3 is 11.9 Å². The van der Waals surface area contributed by atoms with Gasteiger partial charge in [0.15, 0.2) is 0 Å². The molecule has 0 radical (unpaired) electrons. The standard InChI is InChI=1S/C17H24O4/c1-2-16(18)21-15-8-12-6-13(14(15)7-12)5-3-4-11-9-17(19)20-10-11/h2,11-15H,1,3-10H2. The van der Waals surface area contributed by atoms with Crippen LogP contribution in [0.2, 0.25) is 0 Å². The minimum absolute atomic E-state index is 0.0451. The highest BCUT2D eigenvalue weighted by Gasteiger charge is 2.47. The summed E-state index contributed by atoms with van der Waals surface area (Å²) in [6, 6.07) is 0. The molecule has 3 aliphatic rings. The van der Waals surface area contributed by atoms with E-state index in [9.17, 15) is 9.59 Å². The zero-order valence-corrected chi connectivity index (χ0v) is 12.5. The Labute approximate surface area is 125 Å². The zero-order valence-electron chi connectivity index (χ0n) is 12.5. The summed E-state index contributed by atoms with van der Waals surface area (Å²) in [6.45, 7) is 4.08. The fourth-order valence-electron chi connectivity index (χ4n) is 4.51. The first kappa shape index (κ1) is 14.6. The summed E-state index contributed by atoms with van der Waals surface area (Å²) in [5.41, 5.74) is 0. The predicted octanol–water partition coefficient (Wildman–Crippen LogP) is 2.86. The van der Waals surface area contributed by atoms with Crippen LogP contribution in [0.25, 0.3) is 0 Å². The molecule has 4 heteroatoms. The number of ether oxygens (including phenoxy) is 2. The molecule has 3 rings (SSSR count). The molecule has 2 saturated carbocycles. The molecule has 0 aromatic carbocycles. The van der Waals surface area contributed by atoms with Gasteiger partial charge in [-0.05, 0) is 43.4 Å². The van der Waals surface area contributed by atoms with Crippen LogP contribution in [-0.4, -0.2) is 24.6 Å². The van der Waals surface area contributed by atoms with Crippen molar-refractivity contribution in [3.05, 3.63) is 12.7 Å². The molecule has 116 valence electrons. The van der Waals surface area contributed by atoms with Crippen LogP contribution in [0.4, 0.5) is 0 Å². The summed E-state index contributed by atoms with van der Waals surface area (Å²) in [5.74, 6) is 2.05. The van der Waals surface area contributed by atoms with Crippen LogP contribution in [0.1, 0.15) is 44.9 Å². The molecule has 21 heavy (non-hydrogen) atoms. The molecule has 1 aliphatic heterocycles. The Hall–Kier alpha value is -1.32. The fraction of sp³-hybridized carbons (Fsp3) is 0.765. The number of hydrogen-bond acceptors (Lipinski definition) is 4. The lowest BCUT2D eigenvalue weighted by atomic mass is 9.82. The van der Waals surface area contributed by atoms with Gasteiger partial charge in [-0.25, -0.2) is 4.79 Å². The Morgan fingerprint density at radius 3 is 2.86 bits per heavy atom. The highest BCUT2D eigenvalue weighted by Crippen LogP contribution is 2.51. The normalized spacial score (nSPS) is 37.5. The van der Waals surface area contributed by atoms with Crippen molar-refractivity contribution in [3.63, 3.8) is 0 Å². The van der Waals surface area contributed by atoms with E-state index in [-0.39, 0.29) is 18.0 Å². The third kappa shape index (κ3) is 3.30. The highest BCUT2D eigenvalue weighted by atomic mass is 16.5. The van der Waals surface area contributed by atoms with Crippen LogP contribution in [-0.2, 0) is 19.1 Å². The molecule has 4 nitrogen and oxygen atoms in total. The van der Waals surface area contributed by atoms with Crippen molar-refractivity contribution < 1.29 is 19.1 Å². The molecule has 2 aliphatic carbocycles. The lowest BCUT2D eigenvalue weighted by molar-refractivity contribution is -0.146. The Kier molecular flexibility index (Phi) is 4.32. The quantitative estimate of drug-likeness (QED) is 0.558. The summed E-state index contributed by atoms with van der Waals surface area (Å²) in [5, 5.41) is 0. The third-order valence-corrected chi connectivity index (χ3v) is 5.45. The maximum Gasteiger partial charge on any atom is 0.330 e. The summed E-state index contributed by atoms with van der Waals surface area (Å²) in [7, 11) is 0. The fourth-order valence-corrected chi connectivity index (χ4v) is 4.51. The van der Waals surface area contributed by atoms with E-state index in [1.54, 1.807) is 0 Å². The number of cyclic esters (lactones) is 1. The average Bonchev–Trinajstić information content (AvgIpc) is 3.14. The molecule has 0 N–H and O–H groups in total. The first-order valence-electron chi connectivity index (χ1n) is 8.14. The van der Waals surface area contributed by atoms with E-state index in [0.717, 1.165) is 25.2 Å². The van der Waals surface area contributed by atoms with Gasteiger partial charge < -0.3 is 9.47 Å². The van der Waals surface area contributed by atoms with E-state index < -0.39 is 0 Å². The zero-order chi connectivity index (χ0) is 14.8. The number of carbonyl (C=O) groups is 2. The minimum Gasteiger partial charge on any atom is -0.465 e. The molecule has 1 saturated heterocycles. The summed E-state index contributed by atoms with van der Waals surface area (Å²) < 4.78 is 10.5. The Bertz CT molecular complexity index is 431. The Balaban J connectivity index is 1.43. The van der Waals surface area contributed by atoms with Gasteiger partial charge in [-0.2, -0.15) is 0 Å². The van der Waals surface area contributed by atoms with E-state index in [1.165, 1.54) is 25.3 Å². The lowest BCUT2D eigenvalue weighted by Crippen LogP contribution is -2.29. The van der Waals surface area contributed by atoms with Crippen LogP contribution in [0, 0.1) is 23.7 Å². The van der Waals surface area contributed by atoms with Gasteiger partial charge in [-0.1, -0.05) is 19.4 Å². The molecule has 0 spiro atoms. The van der Waals surface area contributed by atoms with Crippen LogP contribution in [0.15, 0.2) is 12.7 Å². The Morgan fingerprint density at radius 1 is 1.33 bits per heavy atom. The molecule has 1 heterocycles. The molecular formula is C17H24O4. The monoisotopic (exact) mass is 292 g/mol. The predicted molar refractivity (Wildman–Crippen MR) is 77.3 cm³/mol. The first-order valence-corrected chi connectivity index (χ1v) is 8.14. The number of esters is 2. The van der Waals surface area contributed by atoms with Crippen LogP contribution in [0.5, 0.6) is 0 Å². The maximum absolute atomic E-state index is 11.4. The summed E-state index contributed by atoms with van der Waals surface area (Å²) in [6.07, 6.45) is 8.91. The van der Waals surface area contributed by atoms with E-state index >= 15 is 0 Å². The van der Waals surface area contributed by atoms with Gasteiger partial charge in [-0.15, -0.1) is 0 Å². The number of fused-ring (bicyclic) bond motifs is 2. The third-order valence-electron chi connectivity index (χ3n) is 5.45. The Morgan fingerprint density at radius 2 is 2.19 bits per heavy atom. The van der Waals surface area contributed by atoms with Crippen LogP contribution in [0.3, 0.4) is 0 Å². The average molecular weight is 292 g/mol. The van der Waals surface area contributed by atoms with E-state index in [2.05, 4.69) is 6.58 Å². The number of carbonyl (C=O) groups excluding carboxylic acids is 2. The van der Waals surface area contributed by atoms with Gasteiger partial charge in [0.1, 0.15) is 6.10 Å². The smallest absolute Gasteiger partial charge is 0.330 e. The molecule has 5 atom stereocenters. The summed E-state index contributed by atoms with van der Waals surface area (Å²) in [4.78, 5) is 22.5. The molecule has 0 amide bonds. The minimum atomic E-state index is -0.284. The SMILES string of the molecule is C=CC(=O)OC1CC2CC(CCCC3COC(=O)C3)C1C2. The molecule has 0 aromatic heterocycles. The van der Waals surface area contributed by atoms with Crippen LogP contribution < -0.4 is 0 Å². The molecular weight excluding hydrogens is 268 g/mol. The second kappa shape index (κ2) is 6.20. The van der Waals surface area contributed by atoms with Gasteiger partial charge in [0.25, 0.3) is 0 Å². The van der Waals surface area contributed by atoms with Gasteiger partial charge in [0, 0.05) is 12.0 Å². The molecule has 3 fully saturated rings. The largest absolute Gasteiger partial charge is 0.465 e. The second-order valence-electron chi connectivity index (χ2n) is 6.86.